The fourth-order valence-corrected chi connectivity index (χ4v) is 3.89. The Morgan fingerprint density at radius 2 is 1.88 bits per heavy atom. The Morgan fingerprint density at radius 1 is 1.08 bits per heavy atom. The zero-order chi connectivity index (χ0) is 18.3. The van der Waals surface area contributed by atoms with Crippen LogP contribution in [0.3, 0.4) is 0 Å². The van der Waals surface area contributed by atoms with Gasteiger partial charge in [0.25, 0.3) is 0 Å². The highest BCUT2D eigenvalue weighted by atomic mass is 16.2. The number of hydrogen-bond acceptors (Lipinski definition) is 2. The largest absolute Gasteiger partial charge is 0.347 e. The molecule has 0 bridgehead atoms. The topological polar surface area (TPSA) is 42.3 Å². The quantitative estimate of drug-likeness (QED) is 0.657. The van der Waals surface area contributed by atoms with Gasteiger partial charge in [0, 0.05) is 30.1 Å². The van der Waals surface area contributed by atoms with Crippen LogP contribution >= 0.6 is 0 Å². The number of carbonyl (C=O) groups is 2. The van der Waals surface area contributed by atoms with Gasteiger partial charge in [0.1, 0.15) is 0 Å². The van der Waals surface area contributed by atoms with E-state index in [1.807, 2.05) is 49.4 Å². The third-order valence-electron chi connectivity index (χ3n) is 5.07. The van der Waals surface area contributed by atoms with Crippen LogP contribution in [-0.2, 0) is 16.1 Å². The molecule has 1 aliphatic heterocycles. The smallest absolute Gasteiger partial charge is 0.241 e. The molecule has 1 aliphatic rings. The first-order valence-electron chi connectivity index (χ1n) is 9.11. The van der Waals surface area contributed by atoms with E-state index >= 15 is 0 Å². The number of aromatic nitrogens is 1. The van der Waals surface area contributed by atoms with E-state index in [1.165, 1.54) is 4.90 Å². The Labute approximate surface area is 153 Å². The van der Waals surface area contributed by atoms with Crippen LogP contribution in [0.15, 0.2) is 54.7 Å². The van der Waals surface area contributed by atoms with Gasteiger partial charge >= 0.3 is 0 Å². The minimum absolute atomic E-state index is 0.125. The van der Waals surface area contributed by atoms with E-state index < -0.39 is 5.92 Å². The number of imide groups is 1. The van der Waals surface area contributed by atoms with Gasteiger partial charge in [-0.2, -0.15) is 0 Å². The Hall–Kier alpha value is -2.88. The van der Waals surface area contributed by atoms with Crippen LogP contribution in [0.25, 0.3) is 10.9 Å². The highest BCUT2D eigenvalue weighted by Crippen LogP contribution is 2.37. The molecule has 1 saturated heterocycles. The average molecular weight is 346 g/mol. The molecule has 1 unspecified atom stereocenters. The summed E-state index contributed by atoms with van der Waals surface area (Å²) in [5.74, 6) is -0.663. The normalized spacial score (nSPS) is 17.5. The lowest BCUT2D eigenvalue weighted by Gasteiger charge is -2.15. The van der Waals surface area contributed by atoms with E-state index in [0.717, 1.165) is 35.0 Å². The first kappa shape index (κ1) is 16.6. The number of anilines is 1. The lowest BCUT2D eigenvalue weighted by atomic mass is 9.97. The zero-order valence-electron chi connectivity index (χ0n) is 15.1. The lowest BCUT2D eigenvalue weighted by molar-refractivity contribution is -0.121. The SMILES string of the molecule is CCCn1cc(C2CC(=O)N(c3cccc(C)c3)C2=O)c2ccccc21. The van der Waals surface area contributed by atoms with E-state index in [2.05, 4.69) is 23.8 Å². The van der Waals surface area contributed by atoms with E-state index in [9.17, 15) is 9.59 Å². The molecule has 2 heterocycles. The highest BCUT2D eigenvalue weighted by molar-refractivity contribution is 6.23. The van der Waals surface area contributed by atoms with Crippen molar-refractivity contribution in [3.05, 3.63) is 65.9 Å². The number of rotatable bonds is 4. The number of nitrogens with zero attached hydrogens (tertiary/aromatic N) is 2. The first-order chi connectivity index (χ1) is 12.6. The second-order valence-electron chi connectivity index (χ2n) is 6.96. The number of amides is 2. The van der Waals surface area contributed by atoms with Crippen molar-refractivity contribution in [2.24, 2.45) is 0 Å². The number of fused-ring (bicyclic) bond motifs is 1. The van der Waals surface area contributed by atoms with Crippen LogP contribution in [0.1, 0.15) is 36.8 Å². The summed E-state index contributed by atoms with van der Waals surface area (Å²) in [5, 5.41) is 1.07. The van der Waals surface area contributed by atoms with Gasteiger partial charge in [-0.15, -0.1) is 0 Å². The fourth-order valence-electron chi connectivity index (χ4n) is 3.89. The molecule has 1 aromatic heterocycles. The molecule has 4 rings (SSSR count). The van der Waals surface area contributed by atoms with Gasteiger partial charge in [0.05, 0.1) is 11.6 Å². The maximum atomic E-state index is 13.1. The molecular formula is C22H22N2O2. The molecule has 0 radical (unpaired) electrons. The molecule has 1 atom stereocenters. The Bertz CT molecular complexity index is 1000. The van der Waals surface area contributed by atoms with Gasteiger partial charge in [-0.3, -0.25) is 9.59 Å². The van der Waals surface area contributed by atoms with E-state index in [1.54, 1.807) is 0 Å². The summed E-state index contributed by atoms with van der Waals surface area (Å²) in [4.78, 5) is 27.1. The molecule has 0 spiro atoms. The minimum atomic E-state index is -0.411. The van der Waals surface area contributed by atoms with Gasteiger partial charge in [0.15, 0.2) is 0 Å². The molecule has 0 saturated carbocycles. The van der Waals surface area contributed by atoms with Crippen molar-refractivity contribution in [2.45, 2.75) is 39.2 Å². The Kier molecular flexibility index (Phi) is 4.11. The van der Waals surface area contributed by atoms with E-state index in [-0.39, 0.29) is 18.2 Å². The van der Waals surface area contributed by atoms with Crippen molar-refractivity contribution >= 4 is 28.4 Å². The summed E-state index contributed by atoms with van der Waals surface area (Å²) in [6, 6.07) is 15.7. The number of carbonyl (C=O) groups excluding carboxylic acids is 2. The van der Waals surface area contributed by atoms with Crippen molar-refractivity contribution in [2.75, 3.05) is 4.90 Å². The lowest BCUT2D eigenvalue weighted by Crippen LogP contribution is -2.30. The highest BCUT2D eigenvalue weighted by Gasteiger charge is 2.41. The molecule has 2 amide bonds. The van der Waals surface area contributed by atoms with Crippen LogP contribution in [-0.4, -0.2) is 16.4 Å². The summed E-state index contributed by atoms with van der Waals surface area (Å²) >= 11 is 0. The van der Waals surface area contributed by atoms with Gasteiger partial charge in [-0.25, -0.2) is 4.90 Å². The number of benzene rings is 2. The molecule has 4 heteroatoms. The van der Waals surface area contributed by atoms with Crippen LogP contribution < -0.4 is 4.90 Å². The van der Waals surface area contributed by atoms with Crippen LogP contribution in [0.5, 0.6) is 0 Å². The molecule has 0 N–H and O–H groups in total. The second-order valence-corrected chi connectivity index (χ2v) is 6.96. The predicted molar refractivity (Wildman–Crippen MR) is 103 cm³/mol. The summed E-state index contributed by atoms with van der Waals surface area (Å²) in [6.45, 7) is 5.00. The molecule has 4 nitrogen and oxygen atoms in total. The fraction of sp³-hybridized carbons (Fsp3) is 0.273. The third kappa shape index (κ3) is 2.62. The summed E-state index contributed by atoms with van der Waals surface area (Å²) < 4.78 is 2.19. The van der Waals surface area contributed by atoms with Gasteiger partial charge in [-0.05, 0) is 42.7 Å². The zero-order valence-corrected chi connectivity index (χ0v) is 15.1. The summed E-state index contributed by atoms with van der Waals surface area (Å²) in [7, 11) is 0. The Morgan fingerprint density at radius 3 is 2.65 bits per heavy atom. The molecule has 26 heavy (non-hydrogen) atoms. The molecule has 1 fully saturated rings. The van der Waals surface area contributed by atoms with Gasteiger partial charge < -0.3 is 4.57 Å². The average Bonchev–Trinajstić information content (AvgIpc) is 3.13. The van der Waals surface area contributed by atoms with Crippen molar-refractivity contribution in [1.29, 1.82) is 0 Å². The number of hydrogen-bond donors (Lipinski definition) is 0. The van der Waals surface area contributed by atoms with E-state index in [4.69, 9.17) is 0 Å². The second kappa shape index (κ2) is 6.45. The number of para-hydroxylation sites is 1. The molecule has 0 aliphatic carbocycles. The molecule has 3 aromatic rings. The van der Waals surface area contributed by atoms with E-state index in [0.29, 0.717) is 5.69 Å². The van der Waals surface area contributed by atoms with Crippen molar-refractivity contribution < 1.29 is 9.59 Å². The molecule has 2 aromatic carbocycles. The standard InChI is InChI=1S/C22H22N2O2/c1-3-11-23-14-19(17-9-4-5-10-20(17)23)18-13-21(25)24(22(18)26)16-8-6-7-15(2)12-16/h4-10,12,14,18H,3,11,13H2,1-2H3. The summed E-state index contributed by atoms with van der Waals surface area (Å²) in [6.07, 6.45) is 3.31. The monoisotopic (exact) mass is 346 g/mol. The maximum Gasteiger partial charge on any atom is 0.241 e. The summed E-state index contributed by atoms with van der Waals surface area (Å²) in [5.41, 5.74) is 3.78. The number of aryl methyl sites for hydroxylation is 2. The molecular weight excluding hydrogens is 324 g/mol. The minimum Gasteiger partial charge on any atom is -0.347 e. The van der Waals surface area contributed by atoms with Gasteiger partial charge in [-0.1, -0.05) is 37.3 Å². The first-order valence-corrected chi connectivity index (χ1v) is 9.11. The Balaban J connectivity index is 1.77. The third-order valence-corrected chi connectivity index (χ3v) is 5.07. The van der Waals surface area contributed by atoms with Crippen LogP contribution in [0, 0.1) is 6.92 Å². The van der Waals surface area contributed by atoms with Crippen molar-refractivity contribution in [1.82, 2.24) is 4.57 Å². The van der Waals surface area contributed by atoms with Crippen molar-refractivity contribution in [3.8, 4) is 0 Å². The predicted octanol–water partition coefficient (Wildman–Crippen LogP) is 4.41. The van der Waals surface area contributed by atoms with Crippen LogP contribution in [0.2, 0.25) is 0 Å². The van der Waals surface area contributed by atoms with Gasteiger partial charge in [0.2, 0.25) is 11.8 Å². The maximum absolute atomic E-state index is 13.1. The van der Waals surface area contributed by atoms with Crippen LogP contribution in [0.4, 0.5) is 5.69 Å². The molecule has 132 valence electrons. The van der Waals surface area contributed by atoms with Crippen molar-refractivity contribution in [3.63, 3.8) is 0 Å².